The molecule has 1 aromatic heterocycles. The highest BCUT2D eigenvalue weighted by Gasteiger charge is 2.35. The summed E-state index contributed by atoms with van der Waals surface area (Å²) in [5.41, 5.74) is 2.53. The molecule has 0 saturated carbocycles. The molecule has 4 rings (SSSR count). The summed E-state index contributed by atoms with van der Waals surface area (Å²) >= 11 is 0. The van der Waals surface area contributed by atoms with Crippen molar-refractivity contribution in [2.75, 3.05) is 31.7 Å². The molecule has 1 amide bonds. The molecule has 1 aromatic carbocycles. The number of carbonyl (C=O) groups is 1. The standard InChI is InChI=1S/C17H20N4O3/c1-10-17(20-12-4-3-11(23-2)7-13(12)18-10)21-6-5-15-14(8-21)19-16(22)9-24-15/h3-4,7,14-15H,5-6,8-9H2,1-2H3,(H,19,22)/t14-,15-/m0/s1. The number of anilines is 1. The molecule has 2 aliphatic rings. The Kier molecular flexibility index (Phi) is 3.72. The van der Waals surface area contributed by atoms with Gasteiger partial charge in [0.2, 0.25) is 5.91 Å². The Morgan fingerprint density at radius 2 is 2.21 bits per heavy atom. The lowest BCUT2D eigenvalue weighted by Crippen LogP contribution is -2.60. The molecule has 1 N–H and O–H groups in total. The Balaban J connectivity index is 1.63. The lowest BCUT2D eigenvalue weighted by atomic mass is 10.0. The summed E-state index contributed by atoms with van der Waals surface area (Å²) in [6.07, 6.45) is 0.962. The Morgan fingerprint density at radius 1 is 1.33 bits per heavy atom. The van der Waals surface area contributed by atoms with E-state index in [0.717, 1.165) is 41.3 Å². The van der Waals surface area contributed by atoms with Crippen molar-refractivity contribution < 1.29 is 14.3 Å². The summed E-state index contributed by atoms with van der Waals surface area (Å²) in [6, 6.07) is 5.70. The van der Waals surface area contributed by atoms with E-state index < -0.39 is 0 Å². The van der Waals surface area contributed by atoms with Gasteiger partial charge in [-0.1, -0.05) is 0 Å². The minimum Gasteiger partial charge on any atom is -0.497 e. The van der Waals surface area contributed by atoms with Crippen molar-refractivity contribution in [1.29, 1.82) is 0 Å². The number of fused-ring (bicyclic) bond motifs is 2. The van der Waals surface area contributed by atoms with Crippen LogP contribution in [0.4, 0.5) is 5.82 Å². The molecule has 126 valence electrons. The minimum absolute atomic E-state index is 0.00719. The first-order valence-corrected chi connectivity index (χ1v) is 8.12. The van der Waals surface area contributed by atoms with Gasteiger partial charge in [-0.3, -0.25) is 4.79 Å². The van der Waals surface area contributed by atoms with Gasteiger partial charge in [-0.25, -0.2) is 9.97 Å². The molecule has 2 fully saturated rings. The largest absolute Gasteiger partial charge is 0.497 e. The number of nitrogens with zero attached hydrogens (tertiary/aromatic N) is 3. The summed E-state index contributed by atoms with van der Waals surface area (Å²) in [7, 11) is 1.64. The molecule has 0 spiro atoms. The molecule has 0 aliphatic carbocycles. The molecule has 2 saturated heterocycles. The topological polar surface area (TPSA) is 76.6 Å². The van der Waals surface area contributed by atoms with Crippen LogP contribution < -0.4 is 15.0 Å². The van der Waals surface area contributed by atoms with Crippen molar-refractivity contribution in [3.8, 4) is 5.75 Å². The number of benzene rings is 1. The highest BCUT2D eigenvalue weighted by molar-refractivity contribution is 5.79. The number of aryl methyl sites for hydroxylation is 1. The summed E-state index contributed by atoms with van der Waals surface area (Å²) in [6.45, 7) is 3.66. The number of hydrogen-bond acceptors (Lipinski definition) is 6. The van der Waals surface area contributed by atoms with Gasteiger partial charge in [0.05, 0.1) is 36.0 Å². The van der Waals surface area contributed by atoms with E-state index in [4.69, 9.17) is 14.5 Å². The number of rotatable bonds is 2. The quantitative estimate of drug-likeness (QED) is 0.888. The van der Waals surface area contributed by atoms with Crippen LogP contribution >= 0.6 is 0 Å². The van der Waals surface area contributed by atoms with Gasteiger partial charge in [-0.2, -0.15) is 0 Å². The number of morpholine rings is 1. The van der Waals surface area contributed by atoms with Crippen molar-refractivity contribution in [2.24, 2.45) is 0 Å². The number of amides is 1. The predicted molar refractivity (Wildman–Crippen MR) is 89.3 cm³/mol. The second-order valence-electron chi connectivity index (χ2n) is 6.25. The summed E-state index contributed by atoms with van der Waals surface area (Å²) < 4.78 is 10.9. The van der Waals surface area contributed by atoms with Crippen LogP contribution in [0.3, 0.4) is 0 Å². The first kappa shape index (κ1) is 15.1. The average molecular weight is 328 g/mol. The number of nitrogens with one attached hydrogen (secondary N) is 1. The van der Waals surface area contributed by atoms with Crippen molar-refractivity contribution in [3.63, 3.8) is 0 Å². The van der Waals surface area contributed by atoms with E-state index in [1.807, 2.05) is 25.1 Å². The number of ether oxygens (including phenoxy) is 2. The van der Waals surface area contributed by atoms with Crippen molar-refractivity contribution in [2.45, 2.75) is 25.5 Å². The van der Waals surface area contributed by atoms with Gasteiger partial charge < -0.3 is 19.7 Å². The lowest BCUT2D eigenvalue weighted by molar-refractivity contribution is -0.137. The third-order valence-corrected chi connectivity index (χ3v) is 4.64. The van der Waals surface area contributed by atoms with Crippen LogP contribution in [0.2, 0.25) is 0 Å². The molecule has 0 radical (unpaired) electrons. The molecule has 2 atom stereocenters. The Hall–Kier alpha value is -2.41. The van der Waals surface area contributed by atoms with E-state index in [0.29, 0.717) is 6.54 Å². The van der Waals surface area contributed by atoms with Crippen LogP contribution in [0.1, 0.15) is 12.1 Å². The zero-order valence-electron chi connectivity index (χ0n) is 13.8. The predicted octanol–water partition coefficient (Wildman–Crippen LogP) is 1.04. The summed E-state index contributed by atoms with van der Waals surface area (Å²) in [5, 5.41) is 3.02. The maximum Gasteiger partial charge on any atom is 0.246 e. The third-order valence-electron chi connectivity index (χ3n) is 4.64. The van der Waals surface area contributed by atoms with Gasteiger partial charge in [-0.05, 0) is 25.5 Å². The Bertz CT molecular complexity index is 795. The first-order valence-electron chi connectivity index (χ1n) is 8.12. The van der Waals surface area contributed by atoms with Crippen LogP contribution in [-0.4, -0.2) is 54.8 Å². The third kappa shape index (κ3) is 2.65. The monoisotopic (exact) mass is 328 g/mol. The zero-order valence-corrected chi connectivity index (χ0v) is 13.8. The fraction of sp³-hybridized carbons (Fsp3) is 0.471. The van der Waals surface area contributed by atoms with Crippen LogP contribution in [-0.2, 0) is 9.53 Å². The molecule has 7 nitrogen and oxygen atoms in total. The van der Waals surface area contributed by atoms with Gasteiger partial charge in [0.15, 0.2) is 5.82 Å². The maximum atomic E-state index is 11.6. The van der Waals surface area contributed by atoms with E-state index in [1.165, 1.54) is 0 Å². The van der Waals surface area contributed by atoms with Crippen molar-refractivity contribution >= 4 is 22.8 Å². The van der Waals surface area contributed by atoms with Crippen LogP contribution in [0.5, 0.6) is 5.75 Å². The van der Waals surface area contributed by atoms with Crippen molar-refractivity contribution in [3.05, 3.63) is 23.9 Å². The number of piperidine rings is 1. The molecular weight excluding hydrogens is 308 g/mol. The number of carbonyl (C=O) groups excluding carboxylic acids is 1. The van der Waals surface area contributed by atoms with Gasteiger partial charge in [0, 0.05) is 19.2 Å². The summed E-state index contributed by atoms with van der Waals surface area (Å²) in [5.74, 6) is 1.59. The van der Waals surface area contributed by atoms with Crippen molar-refractivity contribution in [1.82, 2.24) is 15.3 Å². The SMILES string of the molecule is COc1ccc2nc(N3CC[C@@H]4OCC(=O)N[C@H]4C3)c(C)nc2c1. The normalized spacial score (nSPS) is 23.8. The highest BCUT2D eigenvalue weighted by atomic mass is 16.5. The highest BCUT2D eigenvalue weighted by Crippen LogP contribution is 2.27. The molecule has 2 aromatic rings. The molecular formula is C17H20N4O3. The average Bonchev–Trinajstić information content (AvgIpc) is 2.60. The van der Waals surface area contributed by atoms with Gasteiger partial charge in [0.1, 0.15) is 12.4 Å². The van der Waals surface area contributed by atoms with Crippen LogP contribution in [0.15, 0.2) is 18.2 Å². The van der Waals surface area contributed by atoms with Gasteiger partial charge >= 0.3 is 0 Å². The van der Waals surface area contributed by atoms with E-state index in [9.17, 15) is 4.79 Å². The second kappa shape index (κ2) is 5.90. The number of methoxy groups -OCH3 is 1. The van der Waals surface area contributed by atoms with E-state index >= 15 is 0 Å². The maximum absolute atomic E-state index is 11.6. The smallest absolute Gasteiger partial charge is 0.246 e. The van der Waals surface area contributed by atoms with Gasteiger partial charge in [0.25, 0.3) is 0 Å². The fourth-order valence-corrected chi connectivity index (χ4v) is 3.43. The fourth-order valence-electron chi connectivity index (χ4n) is 3.43. The number of aromatic nitrogens is 2. The minimum atomic E-state index is -0.0495. The summed E-state index contributed by atoms with van der Waals surface area (Å²) in [4.78, 5) is 23.2. The zero-order chi connectivity index (χ0) is 16.7. The Morgan fingerprint density at radius 3 is 3.04 bits per heavy atom. The van der Waals surface area contributed by atoms with Crippen LogP contribution in [0.25, 0.3) is 11.0 Å². The number of hydrogen-bond donors (Lipinski definition) is 1. The lowest BCUT2D eigenvalue weighted by Gasteiger charge is -2.41. The Labute approximate surface area is 140 Å². The van der Waals surface area contributed by atoms with Crippen LogP contribution in [0, 0.1) is 6.92 Å². The molecule has 3 heterocycles. The van der Waals surface area contributed by atoms with Gasteiger partial charge in [-0.15, -0.1) is 0 Å². The molecule has 2 aliphatic heterocycles. The molecule has 0 bridgehead atoms. The van der Waals surface area contributed by atoms with E-state index in [2.05, 4.69) is 15.2 Å². The second-order valence-corrected chi connectivity index (χ2v) is 6.25. The van der Waals surface area contributed by atoms with E-state index in [1.54, 1.807) is 7.11 Å². The molecule has 0 unspecified atom stereocenters. The molecule has 7 heteroatoms. The first-order chi connectivity index (χ1) is 11.6. The van der Waals surface area contributed by atoms with E-state index in [-0.39, 0.29) is 24.7 Å². The molecule has 24 heavy (non-hydrogen) atoms.